The van der Waals surface area contributed by atoms with Crippen LogP contribution in [0, 0.1) is 5.82 Å². The van der Waals surface area contributed by atoms with Crippen LogP contribution in [0.1, 0.15) is 30.5 Å². The molecule has 0 aliphatic rings. The van der Waals surface area contributed by atoms with E-state index in [1.165, 1.54) is 11.6 Å². The molecular formula is C17H21FN2S. The normalized spacial score (nSPS) is 12.3. The molecule has 4 heteroatoms. The van der Waals surface area contributed by atoms with Crippen LogP contribution in [0.3, 0.4) is 0 Å². The molecule has 0 spiro atoms. The molecule has 2 nitrogen and oxygen atoms in total. The first kappa shape index (κ1) is 16.0. The van der Waals surface area contributed by atoms with E-state index in [0.29, 0.717) is 0 Å². The number of thioether (sulfide) groups is 1. The van der Waals surface area contributed by atoms with E-state index in [2.05, 4.69) is 36.6 Å². The third-order valence-electron chi connectivity index (χ3n) is 3.33. The Bertz CT molecular complexity index is 557. The van der Waals surface area contributed by atoms with Gasteiger partial charge in [-0.1, -0.05) is 43.7 Å². The van der Waals surface area contributed by atoms with Gasteiger partial charge in [-0.15, -0.1) is 11.8 Å². The Balaban J connectivity index is 1.99. The first-order valence-corrected chi connectivity index (χ1v) is 8.15. The van der Waals surface area contributed by atoms with Crippen molar-refractivity contribution >= 4 is 11.8 Å². The van der Waals surface area contributed by atoms with E-state index in [0.717, 1.165) is 29.1 Å². The lowest BCUT2D eigenvalue weighted by atomic mass is 10.0. The van der Waals surface area contributed by atoms with Crippen molar-refractivity contribution in [3.63, 3.8) is 0 Å². The van der Waals surface area contributed by atoms with Crippen molar-refractivity contribution in [2.45, 2.75) is 30.7 Å². The molecule has 0 aliphatic heterocycles. The summed E-state index contributed by atoms with van der Waals surface area (Å²) in [5.74, 6) is 6.21. The van der Waals surface area contributed by atoms with Crippen LogP contribution in [0.5, 0.6) is 0 Å². The lowest BCUT2D eigenvalue weighted by Gasteiger charge is -2.16. The van der Waals surface area contributed by atoms with Crippen LogP contribution < -0.4 is 11.3 Å². The zero-order chi connectivity index (χ0) is 15.1. The Hall–Kier alpha value is -1.36. The van der Waals surface area contributed by atoms with Crippen molar-refractivity contribution in [1.29, 1.82) is 0 Å². The van der Waals surface area contributed by atoms with Gasteiger partial charge in [-0.25, -0.2) is 4.39 Å². The summed E-state index contributed by atoms with van der Waals surface area (Å²) in [7, 11) is 0. The molecule has 0 aliphatic carbocycles. The maximum absolute atomic E-state index is 13.2. The predicted octanol–water partition coefficient (Wildman–Crippen LogP) is 4.07. The smallest absolute Gasteiger partial charge is 0.124 e. The topological polar surface area (TPSA) is 38.0 Å². The molecule has 0 amide bonds. The van der Waals surface area contributed by atoms with Crippen molar-refractivity contribution in [1.82, 2.24) is 5.43 Å². The molecular weight excluding hydrogens is 283 g/mol. The summed E-state index contributed by atoms with van der Waals surface area (Å²) in [6.45, 7) is 2.17. The highest BCUT2D eigenvalue weighted by Gasteiger charge is 2.10. The summed E-state index contributed by atoms with van der Waals surface area (Å²) >= 11 is 1.59. The number of nitrogens with two attached hydrogens (primary N) is 1. The zero-order valence-corrected chi connectivity index (χ0v) is 13.0. The molecule has 1 atom stereocenters. The lowest BCUT2D eigenvalue weighted by Crippen LogP contribution is -2.29. The van der Waals surface area contributed by atoms with E-state index < -0.39 is 0 Å². The van der Waals surface area contributed by atoms with Gasteiger partial charge in [-0.2, -0.15) is 0 Å². The van der Waals surface area contributed by atoms with Gasteiger partial charge in [-0.05, 0) is 35.7 Å². The number of halogens is 1. The Kier molecular flexibility index (Phi) is 6.23. The summed E-state index contributed by atoms with van der Waals surface area (Å²) in [5.41, 5.74) is 5.34. The molecule has 2 aromatic rings. The second-order valence-electron chi connectivity index (χ2n) is 4.98. The SMILES string of the molecule is CCCc1ccc(C(CSc2cccc(F)c2)NN)cc1. The third-order valence-corrected chi connectivity index (χ3v) is 4.42. The number of hydrogen-bond acceptors (Lipinski definition) is 3. The minimum atomic E-state index is -0.207. The van der Waals surface area contributed by atoms with E-state index in [9.17, 15) is 4.39 Å². The minimum absolute atomic E-state index is 0.0499. The summed E-state index contributed by atoms with van der Waals surface area (Å²) in [6.07, 6.45) is 2.24. The molecule has 0 aromatic heterocycles. The fourth-order valence-electron chi connectivity index (χ4n) is 2.18. The number of hydrogen-bond donors (Lipinski definition) is 2. The fraction of sp³-hybridized carbons (Fsp3) is 0.294. The zero-order valence-electron chi connectivity index (χ0n) is 12.2. The number of aryl methyl sites for hydroxylation is 1. The first-order valence-electron chi connectivity index (χ1n) is 7.16. The Morgan fingerprint density at radius 2 is 1.95 bits per heavy atom. The summed E-state index contributed by atoms with van der Waals surface area (Å²) in [5, 5.41) is 0. The van der Waals surface area contributed by atoms with Crippen LogP contribution in [-0.4, -0.2) is 5.75 Å². The van der Waals surface area contributed by atoms with E-state index in [1.54, 1.807) is 23.9 Å². The predicted molar refractivity (Wildman–Crippen MR) is 87.6 cm³/mol. The first-order chi connectivity index (χ1) is 10.2. The summed E-state index contributed by atoms with van der Waals surface area (Å²) in [6, 6.07) is 15.2. The van der Waals surface area contributed by atoms with Gasteiger partial charge in [0, 0.05) is 10.6 Å². The van der Waals surface area contributed by atoms with Crippen molar-refractivity contribution in [2.24, 2.45) is 5.84 Å². The van der Waals surface area contributed by atoms with Gasteiger partial charge in [0.05, 0.1) is 6.04 Å². The van der Waals surface area contributed by atoms with Gasteiger partial charge in [0.15, 0.2) is 0 Å². The summed E-state index contributed by atoms with van der Waals surface area (Å²) < 4.78 is 13.2. The summed E-state index contributed by atoms with van der Waals surface area (Å²) in [4.78, 5) is 0.915. The van der Waals surface area contributed by atoms with Crippen molar-refractivity contribution in [3.8, 4) is 0 Å². The van der Waals surface area contributed by atoms with Gasteiger partial charge < -0.3 is 0 Å². The molecule has 112 valence electrons. The molecule has 0 saturated heterocycles. The van der Waals surface area contributed by atoms with Crippen LogP contribution in [0.25, 0.3) is 0 Å². The second-order valence-corrected chi connectivity index (χ2v) is 6.07. The van der Waals surface area contributed by atoms with Crippen molar-refractivity contribution < 1.29 is 4.39 Å². The van der Waals surface area contributed by atoms with Crippen LogP contribution >= 0.6 is 11.8 Å². The number of benzene rings is 2. The molecule has 0 saturated carbocycles. The number of rotatable bonds is 7. The minimum Gasteiger partial charge on any atom is -0.271 e. The lowest BCUT2D eigenvalue weighted by molar-refractivity contribution is 0.609. The van der Waals surface area contributed by atoms with Crippen LogP contribution in [-0.2, 0) is 6.42 Å². The van der Waals surface area contributed by atoms with Crippen LogP contribution in [0.15, 0.2) is 53.4 Å². The number of hydrazine groups is 1. The number of nitrogens with one attached hydrogen (secondary N) is 1. The quantitative estimate of drug-likeness (QED) is 0.460. The molecule has 21 heavy (non-hydrogen) atoms. The third kappa shape index (κ3) is 4.84. The van der Waals surface area contributed by atoms with Gasteiger partial charge >= 0.3 is 0 Å². The largest absolute Gasteiger partial charge is 0.271 e. The molecule has 0 heterocycles. The van der Waals surface area contributed by atoms with E-state index >= 15 is 0 Å². The van der Waals surface area contributed by atoms with E-state index in [1.807, 2.05) is 6.07 Å². The molecule has 2 aromatic carbocycles. The van der Waals surface area contributed by atoms with Gasteiger partial charge in [0.1, 0.15) is 5.82 Å². The average molecular weight is 304 g/mol. The Morgan fingerprint density at radius 3 is 2.57 bits per heavy atom. The molecule has 0 radical (unpaired) electrons. The van der Waals surface area contributed by atoms with Crippen LogP contribution in [0.4, 0.5) is 4.39 Å². The second kappa shape index (κ2) is 8.17. The van der Waals surface area contributed by atoms with Gasteiger partial charge in [0.25, 0.3) is 0 Å². The molecule has 1 unspecified atom stereocenters. The monoisotopic (exact) mass is 304 g/mol. The van der Waals surface area contributed by atoms with Crippen molar-refractivity contribution in [3.05, 3.63) is 65.5 Å². The molecule has 0 fully saturated rings. The fourth-order valence-corrected chi connectivity index (χ4v) is 3.20. The Morgan fingerprint density at radius 1 is 1.19 bits per heavy atom. The molecule has 2 rings (SSSR count). The molecule has 0 bridgehead atoms. The average Bonchev–Trinajstić information content (AvgIpc) is 2.50. The van der Waals surface area contributed by atoms with Crippen molar-refractivity contribution in [2.75, 3.05) is 5.75 Å². The van der Waals surface area contributed by atoms with Gasteiger partial charge in [-0.3, -0.25) is 11.3 Å². The maximum atomic E-state index is 13.2. The highest BCUT2D eigenvalue weighted by atomic mass is 32.2. The maximum Gasteiger partial charge on any atom is 0.124 e. The Labute approximate surface area is 129 Å². The standard InChI is InChI=1S/C17H21FN2S/c1-2-4-13-7-9-14(10-8-13)17(20-19)12-21-16-6-3-5-15(18)11-16/h3,5-11,17,20H,2,4,12,19H2,1H3. The van der Waals surface area contributed by atoms with E-state index in [-0.39, 0.29) is 11.9 Å². The van der Waals surface area contributed by atoms with Gasteiger partial charge in [0.2, 0.25) is 0 Å². The van der Waals surface area contributed by atoms with E-state index in [4.69, 9.17) is 5.84 Å². The highest BCUT2D eigenvalue weighted by Crippen LogP contribution is 2.25. The van der Waals surface area contributed by atoms with Crippen LogP contribution in [0.2, 0.25) is 0 Å². The highest BCUT2D eigenvalue weighted by molar-refractivity contribution is 7.99. The molecule has 3 N–H and O–H groups in total.